The van der Waals surface area contributed by atoms with Crippen LogP contribution in [0.25, 0.3) is 0 Å². The standard InChI is InChI=1S/C36H53NO12/c1-16-11-10-12-17(2)35(44)37-25-15-23(39)26-27-32(21(6)30(42)33(26)48-25)49-36(8,34(27)43)46-14-13-24(45-9)18(3)31(47-22(7)38)20(5)29(41)19(4)28(16)40/h10-11,13-21,24,26-33,40-42H,12H2,1-9H3,(H,37,44)/b11-10+,14-13+/t16-,17+,18+,19+,20+,21?,24-,26?,27?,28-,29+,30?,31+,32?,33?,36-/m0/s1. The summed E-state index contributed by atoms with van der Waals surface area (Å²) in [5, 5.41) is 36.5. The summed E-state index contributed by atoms with van der Waals surface area (Å²) in [6.45, 7) is 13.2. The molecule has 1 amide bonds. The zero-order valence-electron chi connectivity index (χ0n) is 29.8. The Hall–Kier alpha value is -3.10. The first kappa shape index (κ1) is 38.7. The molecule has 0 spiro atoms. The lowest BCUT2D eigenvalue weighted by atomic mass is 9.66. The third kappa shape index (κ3) is 7.80. The number of aliphatic hydroxyl groups excluding tert-OH is 3. The van der Waals surface area contributed by atoms with E-state index in [1.807, 2.05) is 0 Å². The molecule has 5 rings (SSSR count). The molecule has 4 aliphatic heterocycles. The van der Waals surface area contributed by atoms with Crippen molar-refractivity contribution in [3.8, 4) is 0 Å². The molecule has 0 aromatic heterocycles. The first-order chi connectivity index (χ1) is 22.9. The van der Waals surface area contributed by atoms with Gasteiger partial charge >= 0.3 is 5.97 Å². The number of esters is 1. The van der Waals surface area contributed by atoms with Gasteiger partial charge in [0.15, 0.2) is 11.7 Å². The molecule has 2 fully saturated rings. The number of Topliss-reactive ketones (excluding diaryl/α,β-unsaturated/α-hetero) is 1. The molecule has 6 unspecified atom stereocenters. The number of aliphatic hydroxyl groups is 3. The molecule has 0 radical (unpaired) electrons. The number of allylic oxidation sites excluding steroid dienone is 2. The van der Waals surface area contributed by atoms with Gasteiger partial charge in [0.25, 0.3) is 5.79 Å². The van der Waals surface area contributed by atoms with Crippen LogP contribution >= 0.6 is 0 Å². The van der Waals surface area contributed by atoms with Gasteiger partial charge in [-0.1, -0.05) is 53.7 Å². The molecule has 4 heterocycles. The van der Waals surface area contributed by atoms with Crippen molar-refractivity contribution in [3.63, 3.8) is 0 Å². The van der Waals surface area contributed by atoms with Crippen molar-refractivity contribution < 1.29 is 58.2 Å². The lowest BCUT2D eigenvalue weighted by Crippen LogP contribution is -2.59. The summed E-state index contributed by atoms with van der Waals surface area (Å²) in [6, 6.07) is 0. The van der Waals surface area contributed by atoms with Gasteiger partial charge in [-0.2, -0.15) is 0 Å². The van der Waals surface area contributed by atoms with Crippen LogP contribution in [0.3, 0.4) is 0 Å². The summed E-state index contributed by atoms with van der Waals surface area (Å²) in [7, 11) is 1.46. The number of ether oxygens (including phenoxy) is 5. The number of nitrogens with one attached hydrogen (secondary N) is 1. The van der Waals surface area contributed by atoms with Crippen LogP contribution in [0.15, 0.2) is 36.4 Å². The highest BCUT2D eigenvalue weighted by Gasteiger charge is 2.65. The Morgan fingerprint density at radius 1 is 0.898 bits per heavy atom. The number of carbonyl (C=O) groups excluding carboxylic acids is 4. The number of fused-ring (bicyclic) bond motifs is 15. The second kappa shape index (κ2) is 15.4. The Morgan fingerprint density at radius 2 is 1.57 bits per heavy atom. The molecule has 16 atom stereocenters. The molecular weight excluding hydrogens is 638 g/mol. The molecule has 0 aromatic carbocycles. The fourth-order valence-electron chi connectivity index (χ4n) is 7.70. The molecule has 1 saturated carbocycles. The van der Waals surface area contributed by atoms with E-state index in [1.165, 1.54) is 27.2 Å². The van der Waals surface area contributed by atoms with Crippen molar-refractivity contribution in [1.82, 2.24) is 5.32 Å². The number of amides is 1. The third-order valence-corrected chi connectivity index (χ3v) is 10.9. The van der Waals surface area contributed by atoms with Crippen molar-refractivity contribution in [3.05, 3.63) is 36.4 Å². The number of hydrogen-bond acceptors (Lipinski definition) is 12. The van der Waals surface area contributed by atoms with Crippen molar-refractivity contribution in [1.29, 1.82) is 0 Å². The lowest BCUT2D eigenvalue weighted by Gasteiger charge is -2.45. The van der Waals surface area contributed by atoms with Crippen LogP contribution in [0.1, 0.15) is 61.8 Å². The summed E-state index contributed by atoms with van der Waals surface area (Å²) < 4.78 is 29.5. The van der Waals surface area contributed by atoms with Crippen LogP contribution < -0.4 is 5.32 Å². The van der Waals surface area contributed by atoms with Gasteiger partial charge < -0.3 is 39.0 Å². The Balaban J connectivity index is 1.72. The molecular formula is C36H53NO12. The summed E-state index contributed by atoms with van der Waals surface area (Å²) in [5.41, 5.74) is 0. The fraction of sp³-hybridized carbons (Fsp3) is 0.722. The lowest BCUT2D eigenvalue weighted by molar-refractivity contribution is -0.213. The van der Waals surface area contributed by atoms with Crippen LogP contribution in [-0.2, 0) is 42.9 Å². The summed E-state index contributed by atoms with van der Waals surface area (Å²) >= 11 is 0. The van der Waals surface area contributed by atoms with E-state index in [4.69, 9.17) is 23.7 Å². The maximum Gasteiger partial charge on any atom is 0.302 e. The second-order valence-corrected chi connectivity index (χ2v) is 14.5. The van der Waals surface area contributed by atoms with Gasteiger partial charge in [-0.3, -0.25) is 24.5 Å². The fourth-order valence-corrected chi connectivity index (χ4v) is 7.70. The largest absolute Gasteiger partial charge is 0.472 e. The number of ketones is 2. The molecule has 4 N–H and O–H groups in total. The van der Waals surface area contributed by atoms with E-state index in [2.05, 4.69) is 5.32 Å². The predicted octanol–water partition coefficient (Wildman–Crippen LogP) is 2.18. The molecule has 5 bridgehead atoms. The highest BCUT2D eigenvalue weighted by Crippen LogP contribution is 2.49. The van der Waals surface area contributed by atoms with Gasteiger partial charge in [-0.05, 0) is 12.5 Å². The van der Waals surface area contributed by atoms with E-state index in [0.29, 0.717) is 6.42 Å². The molecule has 274 valence electrons. The van der Waals surface area contributed by atoms with Crippen LogP contribution in [0, 0.1) is 47.3 Å². The van der Waals surface area contributed by atoms with Gasteiger partial charge in [0.05, 0.1) is 48.6 Å². The predicted molar refractivity (Wildman–Crippen MR) is 175 cm³/mol. The highest BCUT2D eigenvalue weighted by molar-refractivity contribution is 6.01. The zero-order chi connectivity index (χ0) is 36.5. The SMILES string of the molecule is CO[C@H]1/C=C/O[C@@]2(C)OC3C(C)C(O)C4OC(=CC(=O)C4C3C2=O)NC(=O)[C@H](C)C/C=C/[C@H](C)[C@H](O)[C@@H](C)[C@@H](O)[C@@H](C)[C@H](OC(C)=O)[C@@H]1C. The molecule has 1 aliphatic carbocycles. The van der Waals surface area contributed by atoms with Crippen molar-refractivity contribution in [2.75, 3.05) is 7.11 Å². The quantitative estimate of drug-likeness (QED) is 0.245. The monoisotopic (exact) mass is 691 g/mol. The van der Waals surface area contributed by atoms with Gasteiger partial charge in [0.2, 0.25) is 11.7 Å². The number of hydrogen-bond donors (Lipinski definition) is 4. The zero-order valence-corrected chi connectivity index (χ0v) is 29.8. The molecule has 1 saturated heterocycles. The highest BCUT2D eigenvalue weighted by atomic mass is 16.7. The molecule has 13 nitrogen and oxygen atoms in total. The van der Waals surface area contributed by atoms with Gasteiger partial charge in [0.1, 0.15) is 12.2 Å². The minimum absolute atomic E-state index is 0.105. The Labute approximate surface area is 288 Å². The Kier molecular flexibility index (Phi) is 12.2. The van der Waals surface area contributed by atoms with E-state index in [1.54, 1.807) is 59.8 Å². The topological polar surface area (TPSA) is 187 Å². The maximum atomic E-state index is 13.9. The third-order valence-electron chi connectivity index (χ3n) is 10.9. The first-order valence-electron chi connectivity index (χ1n) is 17.1. The van der Waals surface area contributed by atoms with Crippen LogP contribution in [0.5, 0.6) is 0 Å². The minimum atomic E-state index is -1.81. The van der Waals surface area contributed by atoms with Crippen molar-refractivity contribution in [2.24, 2.45) is 47.3 Å². The van der Waals surface area contributed by atoms with E-state index in [0.717, 1.165) is 6.08 Å². The summed E-state index contributed by atoms with van der Waals surface area (Å²) in [5.74, 6) is -9.29. The average molecular weight is 692 g/mol. The minimum Gasteiger partial charge on any atom is -0.472 e. The molecule has 13 heteroatoms. The van der Waals surface area contributed by atoms with Crippen LogP contribution in [0.2, 0.25) is 0 Å². The van der Waals surface area contributed by atoms with E-state index >= 15 is 0 Å². The van der Waals surface area contributed by atoms with Gasteiger partial charge in [-0.25, -0.2) is 0 Å². The Morgan fingerprint density at radius 3 is 2.20 bits per heavy atom. The van der Waals surface area contributed by atoms with Gasteiger partial charge in [-0.15, -0.1) is 0 Å². The van der Waals surface area contributed by atoms with E-state index in [-0.39, 0.29) is 5.88 Å². The van der Waals surface area contributed by atoms with Crippen molar-refractivity contribution >= 4 is 23.4 Å². The molecule has 5 aliphatic rings. The second-order valence-electron chi connectivity index (χ2n) is 14.5. The van der Waals surface area contributed by atoms with Crippen LogP contribution in [0.4, 0.5) is 0 Å². The maximum absolute atomic E-state index is 13.9. The van der Waals surface area contributed by atoms with Gasteiger partial charge in [0, 0.05) is 62.5 Å². The molecule has 49 heavy (non-hydrogen) atoms. The van der Waals surface area contributed by atoms with E-state index < -0.39 is 119 Å². The summed E-state index contributed by atoms with van der Waals surface area (Å²) in [6.07, 6.45) is 1.03. The Bertz CT molecular complexity index is 1340. The number of methoxy groups -OCH3 is 1. The first-order valence-corrected chi connectivity index (χ1v) is 17.1. The van der Waals surface area contributed by atoms with Crippen LogP contribution in [-0.4, -0.2) is 94.4 Å². The molecule has 0 aromatic rings. The summed E-state index contributed by atoms with van der Waals surface area (Å²) in [4.78, 5) is 52.8. The smallest absolute Gasteiger partial charge is 0.302 e. The van der Waals surface area contributed by atoms with Crippen molar-refractivity contribution in [2.45, 2.75) is 110 Å². The normalized spacial score (nSPS) is 46.5. The average Bonchev–Trinajstić information content (AvgIpc) is 3.31. The van der Waals surface area contributed by atoms with E-state index in [9.17, 15) is 34.5 Å². The number of carbonyl (C=O) groups is 4. The number of rotatable bonds is 2.